The van der Waals surface area contributed by atoms with E-state index in [1.807, 2.05) is 0 Å². The number of anilines is 1. The second-order valence-corrected chi connectivity index (χ2v) is 2.28. The highest BCUT2D eigenvalue weighted by Gasteiger charge is 2.07. The van der Waals surface area contributed by atoms with Gasteiger partial charge < -0.3 is 5.32 Å². The summed E-state index contributed by atoms with van der Waals surface area (Å²) in [7, 11) is 1.26. The van der Waals surface area contributed by atoms with Crippen LogP contribution in [-0.2, 0) is 0 Å². The number of carbonyl (C=O) groups excluding carboxylic acids is 1. The lowest BCUT2D eigenvalue weighted by Gasteiger charge is -2.07. The van der Waals surface area contributed by atoms with E-state index in [1.165, 1.54) is 13.2 Å². The first-order valence-corrected chi connectivity index (χ1v) is 3.52. The molecule has 0 spiro atoms. The summed E-state index contributed by atoms with van der Waals surface area (Å²) in [6.45, 7) is 0. The Morgan fingerprint density at radius 1 is 1.69 bits per heavy atom. The average Bonchev–Trinajstić information content (AvgIpc) is 2.18. The number of nitroso groups, excluding NO2 is 1. The summed E-state index contributed by atoms with van der Waals surface area (Å²) >= 11 is 0. The van der Waals surface area contributed by atoms with E-state index in [2.05, 4.69) is 15.6 Å². The summed E-state index contributed by atoms with van der Waals surface area (Å²) in [4.78, 5) is 24.8. The number of nitrogens with zero attached hydrogens (tertiary/aromatic N) is 3. The largest absolute Gasteiger partial charge is 0.344 e. The average molecular weight is 180 g/mol. The molecule has 0 aliphatic rings. The SMILES string of the molecule is CN(N=O)C(=O)Nc1cccnc1. The van der Waals surface area contributed by atoms with Crippen molar-refractivity contribution in [3.63, 3.8) is 0 Å². The van der Waals surface area contributed by atoms with E-state index in [1.54, 1.807) is 18.3 Å². The summed E-state index contributed by atoms with van der Waals surface area (Å²) in [5.74, 6) is 0. The van der Waals surface area contributed by atoms with Gasteiger partial charge in [0.15, 0.2) is 0 Å². The molecule has 6 nitrogen and oxygen atoms in total. The van der Waals surface area contributed by atoms with Crippen molar-refractivity contribution in [2.45, 2.75) is 0 Å². The van der Waals surface area contributed by atoms with Crippen molar-refractivity contribution < 1.29 is 4.79 Å². The Hall–Kier alpha value is -1.98. The molecule has 0 aromatic carbocycles. The maximum absolute atomic E-state index is 11.0. The van der Waals surface area contributed by atoms with Crippen molar-refractivity contribution in [3.8, 4) is 0 Å². The van der Waals surface area contributed by atoms with Gasteiger partial charge in [-0.15, -0.1) is 4.91 Å². The Labute approximate surface area is 74.5 Å². The van der Waals surface area contributed by atoms with Crippen molar-refractivity contribution in [1.82, 2.24) is 9.99 Å². The molecule has 0 saturated heterocycles. The predicted octanol–water partition coefficient (Wildman–Crippen LogP) is 1.23. The highest BCUT2D eigenvalue weighted by molar-refractivity contribution is 5.88. The van der Waals surface area contributed by atoms with Gasteiger partial charge in [0.2, 0.25) is 0 Å². The first-order chi connectivity index (χ1) is 6.24. The summed E-state index contributed by atoms with van der Waals surface area (Å²) in [5, 5.41) is 5.52. The smallest absolute Gasteiger partial charge is 0.305 e. The Morgan fingerprint density at radius 3 is 3.00 bits per heavy atom. The number of rotatable bonds is 2. The third-order valence-corrected chi connectivity index (χ3v) is 1.33. The van der Waals surface area contributed by atoms with Gasteiger partial charge in [-0.2, -0.15) is 5.01 Å². The molecule has 0 atom stereocenters. The van der Waals surface area contributed by atoms with Crippen LogP contribution in [0.25, 0.3) is 0 Å². The van der Waals surface area contributed by atoms with E-state index in [0.29, 0.717) is 10.7 Å². The Balaban J connectivity index is 2.60. The third-order valence-electron chi connectivity index (χ3n) is 1.33. The molecule has 68 valence electrons. The molecular formula is C7H8N4O2. The molecule has 1 N–H and O–H groups in total. The maximum atomic E-state index is 11.0. The van der Waals surface area contributed by atoms with E-state index in [9.17, 15) is 9.70 Å². The number of hydrogen-bond donors (Lipinski definition) is 1. The number of nitrogens with one attached hydrogen (secondary N) is 1. The van der Waals surface area contributed by atoms with Gasteiger partial charge in [-0.25, -0.2) is 4.79 Å². The van der Waals surface area contributed by atoms with E-state index >= 15 is 0 Å². The zero-order chi connectivity index (χ0) is 9.68. The number of aromatic nitrogens is 1. The number of amides is 2. The van der Waals surface area contributed by atoms with Crippen LogP contribution in [0.3, 0.4) is 0 Å². The van der Waals surface area contributed by atoms with Crippen molar-refractivity contribution in [1.29, 1.82) is 0 Å². The normalized spacial score (nSPS) is 9.00. The Bertz CT molecular complexity index is 301. The van der Waals surface area contributed by atoms with Gasteiger partial charge >= 0.3 is 6.03 Å². The highest BCUT2D eigenvalue weighted by atomic mass is 16.3. The molecule has 0 unspecified atom stereocenters. The van der Waals surface area contributed by atoms with Gasteiger partial charge in [-0.3, -0.25) is 4.98 Å². The Morgan fingerprint density at radius 2 is 2.46 bits per heavy atom. The predicted molar refractivity (Wildman–Crippen MR) is 46.8 cm³/mol. The molecule has 1 heterocycles. The highest BCUT2D eigenvalue weighted by Crippen LogP contribution is 2.03. The second-order valence-electron chi connectivity index (χ2n) is 2.28. The maximum Gasteiger partial charge on any atom is 0.344 e. The van der Waals surface area contributed by atoms with Gasteiger partial charge in [0.05, 0.1) is 17.2 Å². The van der Waals surface area contributed by atoms with Crippen molar-refractivity contribution in [2.24, 2.45) is 5.29 Å². The van der Waals surface area contributed by atoms with Crippen molar-refractivity contribution in [2.75, 3.05) is 12.4 Å². The quantitative estimate of drug-likeness (QED) is 0.549. The number of urea groups is 1. The van der Waals surface area contributed by atoms with Crippen molar-refractivity contribution in [3.05, 3.63) is 29.4 Å². The van der Waals surface area contributed by atoms with Crippen LogP contribution in [0.1, 0.15) is 0 Å². The molecule has 0 aliphatic carbocycles. The fourth-order valence-electron chi connectivity index (χ4n) is 0.678. The van der Waals surface area contributed by atoms with E-state index in [-0.39, 0.29) is 0 Å². The van der Waals surface area contributed by atoms with Gasteiger partial charge in [0.25, 0.3) is 0 Å². The van der Waals surface area contributed by atoms with Crippen LogP contribution < -0.4 is 5.32 Å². The molecule has 0 bridgehead atoms. The minimum absolute atomic E-state index is 0.517. The van der Waals surface area contributed by atoms with Crippen LogP contribution in [0, 0.1) is 4.91 Å². The minimum atomic E-state index is -0.594. The molecule has 0 fully saturated rings. The number of hydrogen-bond acceptors (Lipinski definition) is 4. The summed E-state index contributed by atoms with van der Waals surface area (Å²) in [5.41, 5.74) is 0.517. The summed E-state index contributed by atoms with van der Waals surface area (Å²) < 4.78 is 0. The summed E-state index contributed by atoms with van der Waals surface area (Å²) in [6.07, 6.45) is 3.05. The van der Waals surface area contributed by atoms with Gasteiger partial charge in [-0.05, 0) is 12.1 Å². The fraction of sp³-hybridized carbons (Fsp3) is 0.143. The molecule has 6 heteroatoms. The topological polar surface area (TPSA) is 74.7 Å². The standard InChI is InChI=1S/C7H8N4O2/c1-11(10-13)7(12)9-6-3-2-4-8-5-6/h2-5H,1H3,(H,9,12). The van der Waals surface area contributed by atoms with Crippen LogP contribution in [-0.4, -0.2) is 23.1 Å². The Kier molecular flexibility index (Phi) is 2.91. The second kappa shape index (κ2) is 4.15. The van der Waals surface area contributed by atoms with Crippen LogP contribution >= 0.6 is 0 Å². The first-order valence-electron chi connectivity index (χ1n) is 3.52. The van der Waals surface area contributed by atoms with E-state index < -0.39 is 6.03 Å². The first kappa shape index (κ1) is 9.11. The molecule has 0 aliphatic heterocycles. The number of carbonyl (C=O) groups is 1. The van der Waals surface area contributed by atoms with Crippen LogP contribution in [0.2, 0.25) is 0 Å². The third kappa shape index (κ3) is 2.51. The van der Waals surface area contributed by atoms with Gasteiger partial charge in [-0.1, -0.05) is 0 Å². The molecule has 1 aromatic rings. The fourth-order valence-corrected chi connectivity index (χ4v) is 0.678. The lowest BCUT2D eigenvalue weighted by Crippen LogP contribution is -2.26. The molecule has 1 rings (SSSR count). The number of pyridine rings is 1. The lowest BCUT2D eigenvalue weighted by molar-refractivity contribution is 0.224. The summed E-state index contributed by atoms with van der Waals surface area (Å²) in [6, 6.07) is 2.73. The van der Waals surface area contributed by atoms with Crippen LogP contribution in [0.15, 0.2) is 29.8 Å². The lowest BCUT2D eigenvalue weighted by atomic mass is 10.4. The molecular weight excluding hydrogens is 172 g/mol. The van der Waals surface area contributed by atoms with E-state index in [4.69, 9.17) is 0 Å². The molecule has 2 amide bonds. The van der Waals surface area contributed by atoms with Gasteiger partial charge in [0.1, 0.15) is 0 Å². The monoisotopic (exact) mass is 180 g/mol. The molecule has 0 radical (unpaired) electrons. The van der Waals surface area contributed by atoms with Crippen LogP contribution in [0.4, 0.5) is 10.5 Å². The zero-order valence-corrected chi connectivity index (χ0v) is 6.97. The van der Waals surface area contributed by atoms with Crippen molar-refractivity contribution >= 4 is 11.7 Å². The van der Waals surface area contributed by atoms with Gasteiger partial charge in [0, 0.05) is 13.2 Å². The zero-order valence-electron chi connectivity index (χ0n) is 6.97. The van der Waals surface area contributed by atoms with E-state index in [0.717, 1.165) is 0 Å². The minimum Gasteiger partial charge on any atom is -0.305 e. The molecule has 13 heavy (non-hydrogen) atoms. The van der Waals surface area contributed by atoms with Crippen LogP contribution in [0.5, 0.6) is 0 Å². The molecule has 0 saturated carbocycles. The molecule has 1 aromatic heterocycles.